The summed E-state index contributed by atoms with van der Waals surface area (Å²) < 4.78 is 6.08. The van der Waals surface area contributed by atoms with E-state index < -0.39 is 0 Å². The molecular weight excluding hydrogens is 256 g/mol. The summed E-state index contributed by atoms with van der Waals surface area (Å²) in [7, 11) is 1.64. The fraction of sp³-hybridized carbons (Fsp3) is 0.364. The van der Waals surface area contributed by atoms with Crippen LogP contribution in [0.5, 0.6) is 5.75 Å². The maximum atomic E-state index is 8.36. The SMILES string of the molecule is COc1ccc(CNCCC#N)cc1Br. The summed E-state index contributed by atoms with van der Waals surface area (Å²) in [6.07, 6.45) is 0.539. The Kier molecular flexibility index (Phi) is 5.16. The van der Waals surface area contributed by atoms with E-state index in [2.05, 4.69) is 27.3 Å². The average molecular weight is 269 g/mol. The molecule has 80 valence electrons. The molecule has 0 saturated heterocycles. The molecule has 0 bridgehead atoms. The predicted molar refractivity (Wildman–Crippen MR) is 62.6 cm³/mol. The van der Waals surface area contributed by atoms with Crippen molar-refractivity contribution in [1.29, 1.82) is 5.26 Å². The standard InChI is InChI=1S/C11H13BrN2O/c1-15-11-4-3-9(7-10(11)12)8-14-6-2-5-13/h3-4,7,14H,2,6,8H2,1H3. The number of nitrogens with zero attached hydrogens (tertiary/aromatic N) is 1. The summed E-state index contributed by atoms with van der Waals surface area (Å²) >= 11 is 3.42. The number of halogens is 1. The topological polar surface area (TPSA) is 45.0 Å². The number of hydrogen-bond acceptors (Lipinski definition) is 3. The average Bonchev–Trinajstić information content (AvgIpc) is 2.25. The lowest BCUT2D eigenvalue weighted by atomic mass is 10.2. The number of methoxy groups -OCH3 is 1. The largest absolute Gasteiger partial charge is 0.496 e. The Balaban J connectivity index is 2.49. The van der Waals surface area contributed by atoms with Crippen LogP contribution in [0.4, 0.5) is 0 Å². The van der Waals surface area contributed by atoms with Gasteiger partial charge in [0.2, 0.25) is 0 Å². The van der Waals surface area contributed by atoms with Crippen molar-refractivity contribution in [3.63, 3.8) is 0 Å². The van der Waals surface area contributed by atoms with Crippen molar-refractivity contribution in [1.82, 2.24) is 5.32 Å². The van der Waals surface area contributed by atoms with Crippen LogP contribution >= 0.6 is 15.9 Å². The lowest BCUT2D eigenvalue weighted by Gasteiger charge is -2.06. The zero-order chi connectivity index (χ0) is 11.1. The van der Waals surface area contributed by atoms with E-state index in [0.717, 1.165) is 23.3 Å². The molecule has 0 fully saturated rings. The van der Waals surface area contributed by atoms with Gasteiger partial charge in [-0.25, -0.2) is 0 Å². The summed E-state index contributed by atoms with van der Waals surface area (Å²) in [5, 5.41) is 11.5. The second-order valence-electron chi connectivity index (χ2n) is 3.05. The van der Waals surface area contributed by atoms with Gasteiger partial charge in [-0.2, -0.15) is 5.26 Å². The fourth-order valence-corrected chi connectivity index (χ4v) is 1.78. The first-order valence-corrected chi connectivity index (χ1v) is 5.47. The molecule has 0 aliphatic rings. The van der Waals surface area contributed by atoms with Crippen molar-refractivity contribution in [2.45, 2.75) is 13.0 Å². The highest BCUT2D eigenvalue weighted by atomic mass is 79.9. The number of hydrogen-bond donors (Lipinski definition) is 1. The molecule has 1 aromatic carbocycles. The van der Waals surface area contributed by atoms with Gasteiger partial charge in [0.05, 0.1) is 17.7 Å². The zero-order valence-corrected chi connectivity index (χ0v) is 10.2. The zero-order valence-electron chi connectivity index (χ0n) is 8.59. The van der Waals surface area contributed by atoms with Gasteiger partial charge >= 0.3 is 0 Å². The molecule has 0 amide bonds. The highest BCUT2D eigenvalue weighted by molar-refractivity contribution is 9.10. The Labute approximate surface area is 98.2 Å². The molecule has 0 atom stereocenters. The van der Waals surface area contributed by atoms with Crippen LogP contribution in [0.15, 0.2) is 22.7 Å². The predicted octanol–water partition coefficient (Wildman–Crippen LogP) is 2.46. The molecule has 1 rings (SSSR count). The monoisotopic (exact) mass is 268 g/mol. The highest BCUT2D eigenvalue weighted by Crippen LogP contribution is 2.25. The molecule has 0 spiro atoms. The van der Waals surface area contributed by atoms with Gasteiger partial charge in [0.1, 0.15) is 5.75 Å². The van der Waals surface area contributed by atoms with Gasteiger partial charge in [0.25, 0.3) is 0 Å². The van der Waals surface area contributed by atoms with Crippen molar-refractivity contribution < 1.29 is 4.74 Å². The molecule has 0 aliphatic carbocycles. The van der Waals surface area contributed by atoms with Crippen LogP contribution in [0.1, 0.15) is 12.0 Å². The molecule has 15 heavy (non-hydrogen) atoms. The van der Waals surface area contributed by atoms with Crippen LogP contribution in [0, 0.1) is 11.3 Å². The lowest BCUT2D eigenvalue weighted by Crippen LogP contribution is -2.14. The van der Waals surface area contributed by atoms with Crippen molar-refractivity contribution in [2.24, 2.45) is 0 Å². The number of nitrogens with one attached hydrogen (secondary N) is 1. The number of ether oxygens (including phenoxy) is 1. The van der Waals surface area contributed by atoms with Crippen LogP contribution in [0.2, 0.25) is 0 Å². The first kappa shape index (κ1) is 12.0. The van der Waals surface area contributed by atoms with Gasteiger partial charge in [-0.3, -0.25) is 0 Å². The van der Waals surface area contributed by atoms with E-state index in [0.29, 0.717) is 6.42 Å². The fourth-order valence-electron chi connectivity index (χ4n) is 1.20. The summed E-state index contributed by atoms with van der Waals surface area (Å²) in [6.45, 7) is 1.49. The molecule has 0 heterocycles. The highest BCUT2D eigenvalue weighted by Gasteiger charge is 2.00. The summed E-state index contributed by atoms with van der Waals surface area (Å²) in [4.78, 5) is 0. The molecule has 1 N–H and O–H groups in total. The van der Waals surface area contributed by atoms with E-state index in [1.807, 2.05) is 18.2 Å². The molecular formula is C11H13BrN2O. The lowest BCUT2D eigenvalue weighted by molar-refractivity contribution is 0.412. The molecule has 4 heteroatoms. The van der Waals surface area contributed by atoms with E-state index in [1.54, 1.807) is 7.11 Å². The maximum Gasteiger partial charge on any atom is 0.133 e. The second-order valence-corrected chi connectivity index (χ2v) is 3.91. The third-order valence-corrected chi connectivity index (χ3v) is 2.58. The molecule has 0 radical (unpaired) electrons. The summed E-state index contributed by atoms with van der Waals surface area (Å²) in [6, 6.07) is 8.03. The Morgan fingerprint density at radius 2 is 2.33 bits per heavy atom. The van der Waals surface area contributed by atoms with E-state index in [4.69, 9.17) is 10.00 Å². The van der Waals surface area contributed by atoms with Crippen LogP contribution < -0.4 is 10.1 Å². The Hall–Kier alpha value is -1.05. The number of nitriles is 1. The van der Waals surface area contributed by atoms with E-state index in [9.17, 15) is 0 Å². The minimum atomic E-state index is 0.539. The van der Waals surface area contributed by atoms with E-state index in [1.165, 1.54) is 5.56 Å². The first-order chi connectivity index (χ1) is 7.27. The molecule has 0 saturated carbocycles. The number of benzene rings is 1. The first-order valence-electron chi connectivity index (χ1n) is 4.68. The third-order valence-electron chi connectivity index (χ3n) is 1.96. The van der Waals surface area contributed by atoms with Crippen LogP contribution in [-0.4, -0.2) is 13.7 Å². The Bertz CT molecular complexity index is 360. The summed E-state index contributed by atoms with van der Waals surface area (Å²) in [5.74, 6) is 0.829. The van der Waals surface area contributed by atoms with Gasteiger partial charge in [-0.1, -0.05) is 6.07 Å². The molecule has 0 aliphatic heterocycles. The van der Waals surface area contributed by atoms with E-state index in [-0.39, 0.29) is 0 Å². The minimum absolute atomic E-state index is 0.539. The van der Waals surface area contributed by atoms with Crippen molar-refractivity contribution in [3.8, 4) is 11.8 Å². The third kappa shape index (κ3) is 3.90. The van der Waals surface area contributed by atoms with Crippen molar-refractivity contribution in [2.75, 3.05) is 13.7 Å². The smallest absolute Gasteiger partial charge is 0.133 e. The quantitative estimate of drug-likeness (QED) is 0.835. The number of rotatable bonds is 5. The molecule has 0 aromatic heterocycles. The second kappa shape index (κ2) is 6.44. The summed E-state index contributed by atoms with van der Waals surface area (Å²) in [5.41, 5.74) is 1.17. The van der Waals surface area contributed by atoms with Crippen LogP contribution in [0.25, 0.3) is 0 Å². The minimum Gasteiger partial charge on any atom is -0.496 e. The Morgan fingerprint density at radius 1 is 1.53 bits per heavy atom. The van der Waals surface area contributed by atoms with Crippen LogP contribution in [0.3, 0.4) is 0 Å². The van der Waals surface area contributed by atoms with Gasteiger partial charge in [-0.05, 0) is 33.6 Å². The van der Waals surface area contributed by atoms with Gasteiger partial charge in [-0.15, -0.1) is 0 Å². The van der Waals surface area contributed by atoms with Crippen LogP contribution in [-0.2, 0) is 6.54 Å². The van der Waals surface area contributed by atoms with Crippen molar-refractivity contribution in [3.05, 3.63) is 28.2 Å². The molecule has 0 unspecified atom stereocenters. The maximum absolute atomic E-state index is 8.36. The normalized spacial score (nSPS) is 9.67. The van der Waals surface area contributed by atoms with Crippen molar-refractivity contribution >= 4 is 15.9 Å². The van der Waals surface area contributed by atoms with E-state index >= 15 is 0 Å². The van der Waals surface area contributed by atoms with Gasteiger partial charge in [0, 0.05) is 19.5 Å². The molecule has 3 nitrogen and oxygen atoms in total. The van der Waals surface area contributed by atoms with Gasteiger partial charge < -0.3 is 10.1 Å². The molecule has 1 aromatic rings. The van der Waals surface area contributed by atoms with Gasteiger partial charge in [0.15, 0.2) is 0 Å². The Morgan fingerprint density at radius 3 is 2.93 bits per heavy atom.